The van der Waals surface area contributed by atoms with Crippen molar-refractivity contribution < 1.29 is 9.90 Å². The van der Waals surface area contributed by atoms with Crippen molar-refractivity contribution >= 4 is 17.4 Å². The zero-order valence-electron chi connectivity index (χ0n) is 15.0. The van der Waals surface area contributed by atoms with Crippen molar-refractivity contribution in [1.82, 2.24) is 15.1 Å². The van der Waals surface area contributed by atoms with Gasteiger partial charge in [0.05, 0.1) is 13.2 Å². The summed E-state index contributed by atoms with van der Waals surface area (Å²) in [5, 5.41) is 14.4. The van der Waals surface area contributed by atoms with Gasteiger partial charge in [-0.05, 0) is 68.7 Å². The molecule has 1 saturated heterocycles. The Labute approximate surface area is 149 Å². The molecule has 2 rings (SSSR count). The van der Waals surface area contributed by atoms with E-state index in [0.717, 1.165) is 32.5 Å². The fraction of sp³-hybridized carbons (Fsp3) is 0.722. The van der Waals surface area contributed by atoms with Crippen LogP contribution in [0.1, 0.15) is 36.6 Å². The second-order valence-electron chi connectivity index (χ2n) is 6.64. The fourth-order valence-corrected chi connectivity index (χ4v) is 4.11. The first kappa shape index (κ1) is 19.2. The molecule has 1 aromatic heterocycles. The maximum absolute atomic E-state index is 12.5. The van der Waals surface area contributed by atoms with Crippen molar-refractivity contribution in [3.63, 3.8) is 0 Å². The van der Waals surface area contributed by atoms with Crippen LogP contribution in [0, 0.1) is 12.8 Å². The third-order valence-electron chi connectivity index (χ3n) is 4.75. The van der Waals surface area contributed by atoms with Gasteiger partial charge in [0.25, 0.3) is 0 Å². The van der Waals surface area contributed by atoms with E-state index >= 15 is 0 Å². The van der Waals surface area contributed by atoms with Gasteiger partial charge in [0, 0.05) is 18.0 Å². The summed E-state index contributed by atoms with van der Waals surface area (Å²) >= 11 is 1.66. The number of piperidine rings is 1. The van der Waals surface area contributed by atoms with Crippen molar-refractivity contribution in [2.75, 3.05) is 39.3 Å². The van der Waals surface area contributed by atoms with Crippen molar-refractivity contribution in [1.29, 1.82) is 0 Å². The van der Waals surface area contributed by atoms with Crippen LogP contribution in [0.25, 0.3) is 0 Å². The second-order valence-corrected chi connectivity index (χ2v) is 7.64. The molecule has 0 radical (unpaired) electrons. The molecule has 5 nitrogen and oxygen atoms in total. The number of carbonyl (C=O) groups excluding carboxylic acids is 1. The van der Waals surface area contributed by atoms with E-state index in [4.69, 9.17) is 0 Å². The standard InChI is InChI=1S/C18H31N3O2S/c1-3-7-20-8-4-16(5-9-20)13-19-18(23)21(10-11-22)14-17-15(2)6-12-24-17/h6,12,16,22H,3-5,7-11,13-14H2,1-2H3,(H,19,23). The molecule has 24 heavy (non-hydrogen) atoms. The number of aliphatic hydroxyl groups is 1. The first-order valence-electron chi connectivity index (χ1n) is 9.03. The Balaban J connectivity index is 1.77. The summed E-state index contributed by atoms with van der Waals surface area (Å²) < 4.78 is 0. The maximum Gasteiger partial charge on any atom is 0.317 e. The molecular formula is C18H31N3O2S. The lowest BCUT2D eigenvalue weighted by molar-refractivity contribution is 0.162. The Morgan fingerprint density at radius 3 is 2.79 bits per heavy atom. The second kappa shape index (κ2) is 10.0. The SMILES string of the molecule is CCCN1CCC(CNC(=O)N(CCO)Cc2sccc2C)CC1. The van der Waals surface area contributed by atoms with Crippen LogP contribution < -0.4 is 5.32 Å². The minimum absolute atomic E-state index is 0.00670. The highest BCUT2D eigenvalue weighted by molar-refractivity contribution is 7.10. The molecule has 0 aromatic carbocycles. The average molecular weight is 354 g/mol. The summed E-state index contributed by atoms with van der Waals surface area (Å²) in [6.45, 7) is 9.43. The molecule has 0 saturated carbocycles. The van der Waals surface area contributed by atoms with Crippen molar-refractivity contribution in [2.24, 2.45) is 5.92 Å². The van der Waals surface area contributed by atoms with E-state index in [-0.39, 0.29) is 12.6 Å². The van der Waals surface area contributed by atoms with Gasteiger partial charge in [0.2, 0.25) is 0 Å². The smallest absolute Gasteiger partial charge is 0.317 e. The van der Waals surface area contributed by atoms with Gasteiger partial charge in [0.15, 0.2) is 0 Å². The van der Waals surface area contributed by atoms with Crippen LogP contribution in [0.2, 0.25) is 0 Å². The third kappa shape index (κ3) is 5.76. The number of hydrogen-bond donors (Lipinski definition) is 2. The minimum Gasteiger partial charge on any atom is -0.395 e. The normalized spacial score (nSPS) is 16.3. The molecule has 1 aliphatic rings. The van der Waals surface area contributed by atoms with Gasteiger partial charge in [-0.25, -0.2) is 4.79 Å². The van der Waals surface area contributed by atoms with E-state index in [9.17, 15) is 9.90 Å². The number of hydrogen-bond acceptors (Lipinski definition) is 4. The van der Waals surface area contributed by atoms with Gasteiger partial charge in [-0.2, -0.15) is 0 Å². The number of rotatable bonds is 8. The molecule has 2 amide bonds. The van der Waals surface area contributed by atoms with Gasteiger partial charge in [-0.1, -0.05) is 6.92 Å². The molecule has 2 N–H and O–H groups in total. The Morgan fingerprint density at radius 1 is 1.46 bits per heavy atom. The predicted octanol–water partition coefficient (Wildman–Crippen LogP) is 2.68. The van der Waals surface area contributed by atoms with E-state index in [1.165, 1.54) is 23.4 Å². The van der Waals surface area contributed by atoms with Gasteiger partial charge in [0.1, 0.15) is 0 Å². The van der Waals surface area contributed by atoms with Gasteiger partial charge in [-0.15, -0.1) is 11.3 Å². The molecule has 0 bridgehead atoms. The quantitative estimate of drug-likeness (QED) is 0.755. The third-order valence-corrected chi connectivity index (χ3v) is 5.76. The highest BCUT2D eigenvalue weighted by Crippen LogP contribution is 2.19. The van der Waals surface area contributed by atoms with E-state index < -0.39 is 0 Å². The molecule has 0 unspecified atom stereocenters. The number of amides is 2. The van der Waals surface area contributed by atoms with E-state index in [0.29, 0.717) is 19.0 Å². The average Bonchev–Trinajstić information content (AvgIpc) is 2.99. The molecule has 1 aliphatic heterocycles. The summed E-state index contributed by atoms with van der Waals surface area (Å²) in [4.78, 5) is 17.9. The number of thiophene rings is 1. The van der Waals surface area contributed by atoms with E-state index in [1.807, 2.05) is 5.38 Å². The molecule has 1 fully saturated rings. The zero-order valence-corrected chi connectivity index (χ0v) is 15.8. The Kier molecular flexibility index (Phi) is 8.02. The topological polar surface area (TPSA) is 55.8 Å². The highest BCUT2D eigenvalue weighted by Gasteiger charge is 2.21. The number of likely N-dealkylation sites (tertiary alicyclic amines) is 1. The zero-order chi connectivity index (χ0) is 17.4. The monoisotopic (exact) mass is 353 g/mol. The van der Waals surface area contributed by atoms with Crippen LogP contribution in [0.4, 0.5) is 4.79 Å². The molecule has 0 spiro atoms. The van der Waals surface area contributed by atoms with E-state index in [1.54, 1.807) is 16.2 Å². The molecule has 6 heteroatoms. The van der Waals surface area contributed by atoms with Crippen LogP contribution in [0.3, 0.4) is 0 Å². The molecule has 2 heterocycles. The van der Waals surface area contributed by atoms with Gasteiger partial charge in [-0.3, -0.25) is 0 Å². The summed E-state index contributed by atoms with van der Waals surface area (Å²) in [5.41, 5.74) is 1.21. The lowest BCUT2D eigenvalue weighted by atomic mass is 9.97. The largest absolute Gasteiger partial charge is 0.395 e. The van der Waals surface area contributed by atoms with Crippen LogP contribution in [0.5, 0.6) is 0 Å². The summed E-state index contributed by atoms with van der Waals surface area (Å²) in [6, 6.07) is 2.01. The van der Waals surface area contributed by atoms with Crippen molar-refractivity contribution in [3.8, 4) is 0 Å². The number of nitrogens with zero attached hydrogens (tertiary/aromatic N) is 2. The number of aliphatic hydroxyl groups excluding tert-OH is 1. The summed E-state index contributed by atoms with van der Waals surface area (Å²) in [7, 11) is 0. The van der Waals surface area contributed by atoms with Crippen LogP contribution in [-0.2, 0) is 6.54 Å². The number of urea groups is 1. The molecule has 0 atom stereocenters. The predicted molar refractivity (Wildman–Crippen MR) is 99.4 cm³/mol. The lowest BCUT2D eigenvalue weighted by Gasteiger charge is -2.32. The summed E-state index contributed by atoms with van der Waals surface area (Å²) in [6.07, 6.45) is 3.52. The molecule has 136 valence electrons. The first-order valence-corrected chi connectivity index (χ1v) is 9.91. The van der Waals surface area contributed by atoms with Crippen LogP contribution in [-0.4, -0.2) is 60.3 Å². The first-order chi connectivity index (χ1) is 11.6. The number of carbonyl (C=O) groups is 1. The fourth-order valence-electron chi connectivity index (χ4n) is 3.19. The molecular weight excluding hydrogens is 322 g/mol. The van der Waals surface area contributed by atoms with Crippen molar-refractivity contribution in [2.45, 2.75) is 39.7 Å². The molecule has 1 aromatic rings. The molecule has 0 aliphatic carbocycles. The van der Waals surface area contributed by atoms with Crippen LogP contribution >= 0.6 is 11.3 Å². The Bertz CT molecular complexity index is 498. The summed E-state index contributed by atoms with van der Waals surface area (Å²) in [5.74, 6) is 0.571. The Morgan fingerprint density at radius 2 is 2.21 bits per heavy atom. The minimum atomic E-state index is -0.0622. The lowest BCUT2D eigenvalue weighted by Crippen LogP contribution is -2.44. The Hall–Kier alpha value is -1.11. The highest BCUT2D eigenvalue weighted by atomic mass is 32.1. The van der Waals surface area contributed by atoms with E-state index in [2.05, 4.69) is 30.1 Å². The number of nitrogens with one attached hydrogen (secondary N) is 1. The number of aryl methyl sites for hydroxylation is 1. The van der Waals surface area contributed by atoms with Crippen LogP contribution in [0.15, 0.2) is 11.4 Å². The maximum atomic E-state index is 12.5. The van der Waals surface area contributed by atoms with Gasteiger partial charge < -0.3 is 20.2 Å². The van der Waals surface area contributed by atoms with Crippen molar-refractivity contribution in [3.05, 3.63) is 21.9 Å². The van der Waals surface area contributed by atoms with Gasteiger partial charge >= 0.3 is 6.03 Å².